The summed E-state index contributed by atoms with van der Waals surface area (Å²) in [7, 11) is 1.00. The number of aliphatic hydroxyl groups is 1. The highest BCUT2D eigenvalue weighted by atomic mass is 16.5. The normalized spacial score (nSPS) is 26.3. The lowest BCUT2D eigenvalue weighted by molar-refractivity contribution is 0.0616. The van der Waals surface area contributed by atoms with Crippen molar-refractivity contribution in [1.82, 2.24) is 0 Å². The lowest BCUT2D eigenvalue weighted by Gasteiger charge is -2.16. The van der Waals surface area contributed by atoms with Gasteiger partial charge in [0.15, 0.2) is 0 Å². The van der Waals surface area contributed by atoms with Crippen LogP contribution in [-0.2, 0) is 4.74 Å². The van der Waals surface area contributed by atoms with E-state index in [4.69, 9.17) is 9.84 Å². The summed E-state index contributed by atoms with van der Waals surface area (Å²) in [6.07, 6.45) is 2.63. The first-order valence-corrected chi connectivity index (χ1v) is 3.42. The number of rotatable bonds is 0. The lowest BCUT2D eigenvalue weighted by Crippen LogP contribution is -2.13. The smallest absolute Gasteiger partial charge is 0.0491 e. The molecule has 1 fully saturated rings. The van der Waals surface area contributed by atoms with Crippen molar-refractivity contribution in [1.29, 1.82) is 0 Å². The fourth-order valence-electron chi connectivity index (χ4n) is 0.902. The van der Waals surface area contributed by atoms with Gasteiger partial charge in [-0.1, -0.05) is 6.92 Å². The van der Waals surface area contributed by atoms with Crippen molar-refractivity contribution in [3.63, 3.8) is 0 Å². The molecule has 1 unspecified atom stereocenters. The van der Waals surface area contributed by atoms with E-state index < -0.39 is 0 Å². The average Bonchev–Trinajstić information content (AvgIpc) is 1.94. The Morgan fingerprint density at radius 3 is 2.33 bits per heavy atom. The molecule has 0 aliphatic carbocycles. The Bertz CT molecular complexity index is 48.9. The summed E-state index contributed by atoms with van der Waals surface area (Å²) in [4.78, 5) is 0. The van der Waals surface area contributed by atoms with Crippen LogP contribution in [0.3, 0.4) is 0 Å². The van der Waals surface area contributed by atoms with E-state index in [0.29, 0.717) is 0 Å². The molecule has 1 heterocycles. The van der Waals surface area contributed by atoms with E-state index in [1.807, 2.05) is 0 Å². The van der Waals surface area contributed by atoms with Gasteiger partial charge in [-0.15, -0.1) is 0 Å². The van der Waals surface area contributed by atoms with Crippen LogP contribution >= 0.6 is 0 Å². The molecule has 1 rings (SSSR count). The van der Waals surface area contributed by atoms with Gasteiger partial charge in [-0.25, -0.2) is 0 Å². The summed E-state index contributed by atoms with van der Waals surface area (Å²) in [6, 6.07) is 0. The highest BCUT2D eigenvalue weighted by molar-refractivity contribution is 4.55. The maximum absolute atomic E-state index is 7.00. The summed E-state index contributed by atoms with van der Waals surface area (Å²) < 4.78 is 5.18. The predicted molar refractivity (Wildman–Crippen MR) is 37.4 cm³/mol. The molecule has 1 N–H and O–H groups in total. The van der Waals surface area contributed by atoms with Crippen molar-refractivity contribution < 1.29 is 9.84 Å². The molecule has 0 aromatic carbocycles. The van der Waals surface area contributed by atoms with Crippen LogP contribution in [0.2, 0.25) is 0 Å². The molecule has 2 nitrogen and oxygen atoms in total. The Morgan fingerprint density at radius 1 is 1.44 bits per heavy atom. The molecule has 0 bridgehead atoms. The lowest BCUT2D eigenvalue weighted by atomic mass is 10.1. The van der Waals surface area contributed by atoms with E-state index >= 15 is 0 Å². The molecule has 0 amide bonds. The van der Waals surface area contributed by atoms with Crippen LogP contribution in [0.25, 0.3) is 0 Å². The van der Waals surface area contributed by atoms with Crippen molar-refractivity contribution in [2.24, 2.45) is 5.92 Å². The first-order valence-electron chi connectivity index (χ1n) is 3.42. The molecule has 0 aromatic rings. The van der Waals surface area contributed by atoms with Gasteiger partial charge in [-0.05, 0) is 18.8 Å². The third-order valence-corrected chi connectivity index (χ3v) is 1.39. The molecule has 0 aromatic heterocycles. The minimum absolute atomic E-state index is 0.814. The minimum Gasteiger partial charge on any atom is -0.400 e. The average molecular weight is 132 g/mol. The maximum Gasteiger partial charge on any atom is 0.0491 e. The summed E-state index contributed by atoms with van der Waals surface area (Å²) >= 11 is 0. The van der Waals surface area contributed by atoms with Crippen LogP contribution in [0.5, 0.6) is 0 Å². The Labute approximate surface area is 56.8 Å². The van der Waals surface area contributed by atoms with Crippen molar-refractivity contribution in [2.45, 2.75) is 19.8 Å². The molecule has 1 aliphatic heterocycles. The monoisotopic (exact) mass is 132 g/mol. The van der Waals surface area contributed by atoms with Gasteiger partial charge in [-0.3, -0.25) is 0 Å². The van der Waals surface area contributed by atoms with Crippen molar-refractivity contribution in [2.75, 3.05) is 20.3 Å². The molecule has 9 heavy (non-hydrogen) atoms. The van der Waals surface area contributed by atoms with Gasteiger partial charge >= 0.3 is 0 Å². The van der Waals surface area contributed by atoms with Crippen LogP contribution in [0.1, 0.15) is 19.8 Å². The highest BCUT2D eigenvalue weighted by Crippen LogP contribution is 2.10. The second kappa shape index (κ2) is 6.05. The Morgan fingerprint density at radius 2 is 2.11 bits per heavy atom. The molecule has 56 valence electrons. The van der Waals surface area contributed by atoms with Gasteiger partial charge in [-0.2, -0.15) is 0 Å². The summed E-state index contributed by atoms with van der Waals surface area (Å²) in [6.45, 7) is 4.21. The molecular formula is C7H16O2. The van der Waals surface area contributed by atoms with Crippen LogP contribution in [0, 0.1) is 5.92 Å². The van der Waals surface area contributed by atoms with Crippen LogP contribution in [0.4, 0.5) is 0 Å². The third kappa shape index (κ3) is 4.43. The molecule has 2 heteroatoms. The van der Waals surface area contributed by atoms with Crippen LogP contribution < -0.4 is 0 Å². The highest BCUT2D eigenvalue weighted by Gasteiger charge is 2.06. The van der Waals surface area contributed by atoms with E-state index in [-0.39, 0.29) is 0 Å². The first-order chi connectivity index (χ1) is 4.39. The Hall–Kier alpha value is -0.0800. The van der Waals surface area contributed by atoms with Gasteiger partial charge in [0.25, 0.3) is 0 Å². The summed E-state index contributed by atoms with van der Waals surface area (Å²) in [5.41, 5.74) is 0. The van der Waals surface area contributed by atoms with Crippen molar-refractivity contribution in [3.8, 4) is 0 Å². The topological polar surface area (TPSA) is 29.5 Å². The third-order valence-electron chi connectivity index (χ3n) is 1.39. The van der Waals surface area contributed by atoms with E-state index in [0.717, 1.165) is 26.2 Å². The van der Waals surface area contributed by atoms with Crippen molar-refractivity contribution in [3.05, 3.63) is 0 Å². The zero-order chi connectivity index (χ0) is 7.11. The largest absolute Gasteiger partial charge is 0.400 e. The number of aliphatic hydroxyl groups excluding tert-OH is 1. The summed E-state index contributed by atoms with van der Waals surface area (Å²) in [5, 5.41) is 7.00. The molecule has 1 saturated heterocycles. The Balaban J connectivity index is 0.000000291. The van der Waals surface area contributed by atoms with Gasteiger partial charge < -0.3 is 9.84 Å². The van der Waals surface area contributed by atoms with Gasteiger partial charge in [0.2, 0.25) is 0 Å². The zero-order valence-corrected chi connectivity index (χ0v) is 6.26. The molecule has 1 aliphatic rings. The number of hydrogen-bond donors (Lipinski definition) is 1. The van der Waals surface area contributed by atoms with E-state index in [2.05, 4.69) is 6.92 Å². The zero-order valence-electron chi connectivity index (χ0n) is 6.26. The fourth-order valence-corrected chi connectivity index (χ4v) is 0.902. The second-order valence-corrected chi connectivity index (χ2v) is 2.32. The minimum atomic E-state index is 0.814. The van der Waals surface area contributed by atoms with E-state index in [1.54, 1.807) is 0 Å². The number of ether oxygens (including phenoxy) is 1. The summed E-state index contributed by atoms with van der Waals surface area (Å²) in [5.74, 6) is 0.814. The van der Waals surface area contributed by atoms with Gasteiger partial charge in [0, 0.05) is 20.3 Å². The standard InChI is InChI=1S/C6H12O.CH4O/c1-6-3-2-4-7-5-6;1-2/h6H,2-5H2,1H3;2H,1H3. The Kier molecular flexibility index (Phi) is 5.99. The number of hydrogen-bond acceptors (Lipinski definition) is 2. The fraction of sp³-hybridized carbons (Fsp3) is 1.00. The maximum atomic E-state index is 7.00. The van der Waals surface area contributed by atoms with Gasteiger partial charge in [0.05, 0.1) is 0 Å². The molecule has 0 spiro atoms. The van der Waals surface area contributed by atoms with Crippen LogP contribution in [0.15, 0.2) is 0 Å². The molecule has 0 radical (unpaired) electrons. The molecule has 1 atom stereocenters. The SMILES string of the molecule is CC1CCCOC1.CO. The second-order valence-electron chi connectivity index (χ2n) is 2.32. The van der Waals surface area contributed by atoms with E-state index in [1.165, 1.54) is 12.8 Å². The van der Waals surface area contributed by atoms with Gasteiger partial charge in [0.1, 0.15) is 0 Å². The molecular weight excluding hydrogens is 116 g/mol. The first kappa shape index (κ1) is 8.92. The van der Waals surface area contributed by atoms with E-state index in [9.17, 15) is 0 Å². The quantitative estimate of drug-likeness (QED) is 0.533. The van der Waals surface area contributed by atoms with Crippen LogP contribution in [-0.4, -0.2) is 25.4 Å². The molecule has 0 saturated carbocycles. The predicted octanol–water partition coefficient (Wildman–Crippen LogP) is 1.04. The van der Waals surface area contributed by atoms with Crippen molar-refractivity contribution >= 4 is 0 Å².